The van der Waals surface area contributed by atoms with E-state index in [4.69, 9.17) is 39.5 Å². The zero-order valence-electron chi connectivity index (χ0n) is 14.3. The highest BCUT2D eigenvalue weighted by Gasteiger charge is 2.20. The molecule has 0 aliphatic carbocycles. The molecule has 0 saturated carbocycles. The van der Waals surface area contributed by atoms with E-state index in [1.807, 2.05) is 26.0 Å². The summed E-state index contributed by atoms with van der Waals surface area (Å²) < 4.78 is 5.68. The predicted molar refractivity (Wildman–Crippen MR) is 105 cm³/mol. The topological polar surface area (TPSA) is 38.3 Å². The fourth-order valence-electron chi connectivity index (χ4n) is 2.51. The average molecular weight is 401 g/mol. The van der Waals surface area contributed by atoms with Gasteiger partial charge in [-0.1, -0.05) is 54.7 Å². The molecular weight excluding hydrogens is 381 g/mol. The van der Waals surface area contributed by atoms with Gasteiger partial charge in [0.05, 0.1) is 5.02 Å². The first-order chi connectivity index (χ1) is 11.9. The molecule has 2 aromatic rings. The number of nitrogens with one attached hydrogen (secondary N) is 1. The lowest BCUT2D eigenvalue weighted by molar-refractivity contribution is -0.122. The fraction of sp³-hybridized carbons (Fsp3) is 0.316. The van der Waals surface area contributed by atoms with Crippen molar-refractivity contribution in [2.24, 2.45) is 0 Å². The Labute approximate surface area is 163 Å². The van der Waals surface area contributed by atoms with Gasteiger partial charge in [-0.2, -0.15) is 0 Å². The van der Waals surface area contributed by atoms with E-state index >= 15 is 0 Å². The van der Waals surface area contributed by atoms with E-state index in [1.54, 1.807) is 25.1 Å². The van der Waals surface area contributed by atoms with E-state index in [-0.39, 0.29) is 5.91 Å². The smallest absolute Gasteiger partial charge is 0.265 e. The van der Waals surface area contributed by atoms with Crippen LogP contribution in [0.1, 0.15) is 31.9 Å². The van der Waals surface area contributed by atoms with Gasteiger partial charge in [0.15, 0.2) is 6.10 Å². The Hall–Kier alpha value is -1.42. The van der Waals surface area contributed by atoms with Crippen molar-refractivity contribution < 1.29 is 9.53 Å². The van der Waals surface area contributed by atoms with Crippen molar-refractivity contribution in [2.75, 3.05) is 5.32 Å². The van der Waals surface area contributed by atoms with Gasteiger partial charge in [0.25, 0.3) is 5.91 Å². The lowest BCUT2D eigenvalue weighted by atomic mass is 10.0. The molecule has 0 aliphatic rings. The number of halogens is 3. The van der Waals surface area contributed by atoms with Crippen LogP contribution in [0.15, 0.2) is 30.3 Å². The molecule has 0 radical (unpaired) electrons. The highest BCUT2D eigenvalue weighted by molar-refractivity contribution is 6.35. The van der Waals surface area contributed by atoms with E-state index in [1.165, 1.54) is 0 Å². The molecule has 0 saturated heterocycles. The number of benzene rings is 2. The molecule has 0 spiro atoms. The molecule has 0 aliphatic heterocycles. The first-order valence-corrected chi connectivity index (χ1v) is 9.23. The second kappa shape index (κ2) is 8.79. The average Bonchev–Trinajstić information content (AvgIpc) is 2.57. The SMILES string of the molecule is CCc1ccc(Cl)c(CC)c1NC(=O)[C@H](C)Oc1ccc(Cl)cc1Cl. The summed E-state index contributed by atoms with van der Waals surface area (Å²) >= 11 is 18.2. The van der Waals surface area contributed by atoms with Crippen LogP contribution in [0.25, 0.3) is 0 Å². The minimum absolute atomic E-state index is 0.266. The van der Waals surface area contributed by atoms with E-state index in [0.29, 0.717) is 20.8 Å². The quantitative estimate of drug-likeness (QED) is 0.629. The Morgan fingerprint density at radius 1 is 1.08 bits per heavy atom. The minimum atomic E-state index is -0.730. The summed E-state index contributed by atoms with van der Waals surface area (Å²) in [4.78, 5) is 12.6. The van der Waals surface area contributed by atoms with E-state index < -0.39 is 6.10 Å². The molecule has 0 fully saturated rings. The van der Waals surface area contributed by atoms with Crippen LogP contribution in [0.5, 0.6) is 5.75 Å². The summed E-state index contributed by atoms with van der Waals surface area (Å²) in [6.45, 7) is 5.71. The number of carbonyl (C=O) groups is 1. The minimum Gasteiger partial charge on any atom is -0.479 e. The van der Waals surface area contributed by atoms with Gasteiger partial charge in [0.1, 0.15) is 5.75 Å². The van der Waals surface area contributed by atoms with Gasteiger partial charge in [0, 0.05) is 15.7 Å². The number of anilines is 1. The van der Waals surface area contributed by atoms with Crippen LogP contribution in [0.2, 0.25) is 15.1 Å². The molecule has 0 heterocycles. The number of aryl methyl sites for hydroxylation is 1. The van der Waals surface area contributed by atoms with E-state index in [2.05, 4.69) is 5.32 Å². The Morgan fingerprint density at radius 2 is 1.80 bits per heavy atom. The Morgan fingerprint density at radius 3 is 2.40 bits per heavy atom. The van der Waals surface area contributed by atoms with Gasteiger partial charge in [-0.3, -0.25) is 4.79 Å². The molecular formula is C19H20Cl3NO2. The number of hydrogen-bond donors (Lipinski definition) is 1. The van der Waals surface area contributed by atoms with Gasteiger partial charge >= 0.3 is 0 Å². The zero-order valence-corrected chi connectivity index (χ0v) is 16.6. The van der Waals surface area contributed by atoms with Gasteiger partial charge in [-0.05, 0) is 55.2 Å². The summed E-state index contributed by atoms with van der Waals surface area (Å²) in [6, 6.07) is 8.67. The molecule has 134 valence electrons. The van der Waals surface area contributed by atoms with Crippen molar-refractivity contribution in [1.29, 1.82) is 0 Å². The first-order valence-electron chi connectivity index (χ1n) is 8.10. The maximum Gasteiger partial charge on any atom is 0.265 e. The van der Waals surface area contributed by atoms with Crippen molar-refractivity contribution in [3.63, 3.8) is 0 Å². The maximum atomic E-state index is 12.6. The van der Waals surface area contributed by atoms with Crippen molar-refractivity contribution in [1.82, 2.24) is 0 Å². The second-order valence-electron chi connectivity index (χ2n) is 5.59. The standard InChI is InChI=1S/C19H20Cl3NO2/c1-4-12-6-8-15(21)14(5-2)18(12)23-19(24)11(3)25-17-9-7-13(20)10-16(17)22/h6-11H,4-5H2,1-3H3,(H,23,24)/t11-/m0/s1. The van der Waals surface area contributed by atoms with Crippen molar-refractivity contribution in [2.45, 2.75) is 39.7 Å². The number of amides is 1. The van der Waals surface area contributed by atoms with Crippen molar-refractivity contribution >= 4 is 46.4 Å². The summed E-state index contributed by atoms with van der Waals surface area (Å²) in [7, 11) is 0. The molecule has 1 amide bonds. The number of hydrogen-bond acceptors (Lipinski definition) is 2. The molecule has 0 unspecified atom stereocenters. The third-order valence-electron chi connectivity index (χ3n) is 3.89. The lowest BCUT2D eigenvalue weighted by Gasteiger charge is -2.19. The molecule has 0 aromatic heterocycles. The number of carbonyl (C=O) groups excluding carboxylic acids is 1. The summed E-state index contributed by atoms with van der Waals surface area (Å²) in [6.07, 6.45) is 0.783. The predicted octanol–water partition coefficient (Wildman–Crippen LogP) is 6.18. The molecule has 2 rings (SSSR count). The Kier molecular flexibility index (Phi) is 7.00. The van der Waals surface area contributed by atoms with Crippen LogP contribution in [-0.4, -0.2) is 12.0 Å². The van der Waals surface area contributed by atoms with Gasteiger partial charge < -0.3 is 10.1 Å². The van der Waals surface area contributed by atoms with Crippen molar-refractivity contribution in [3.8, 4) is 5.75 Å². The molecule has 6 heteroatoms. The zero-order chi connectivity index (χ0) is 18.6. The lowest BCUT2D eigenvalue weighted by Crippen LogP contribution is -2.31. The summed E-state index contributed by atoms with van der Waals surface area (Å²) in [5.41, 5.74) is 2.72. The van der Waals surface area contributed by atoms with Crippen LogP contribution in [0.3, 0.4) is 0 Å². The number of rotatable bonds is 6. The first kappa shape index (κ1) is 19.9. The van der Waals surface area contributed by atoms with Gasteiger partial charge in [-0.25, -0.2) is 0 Å². The Balaban J connectivity index is 2.20. The Bertz CT molecular complexity index is 778. The maximum absolute atomic E-state index is 12.6. The molecule has 1 atom stereocenters. The van der Waals surface area contributed by atoms with Crippen LogP contribution >= 0.6 is 34.8 Å². The largest absolute Gasteiger partial charge is 0.479 e. The summed E-state index contributed by atoms with van der Waals surface area (Å²) in [5, 5.41) is 4.47. The normalized spacial score (nSPS) is 11.9. The molecule has 0 bridgehead atoms. The monoisotopic (exact) mass is 399 g/mol. The molecule has 3 nitrogen and oxygen atoms in total. The van der Waals surface area contributed by atoms with Gasteiger partial charge in [-0.15, -0.1) is 0 Å². The fourth-order valence-corrected chi connectivity index (χ4v) is 3.25. The number of ether oxygens (including phenoxy) is 1. The van der Waals surface area contributed by atoms with Crippen molar-refractivity contribution in [3.05, 3.63) is 56.5 Å². The molecule has 25 heavy (non-hydrogen) atoms. The second-order valence-corrected chi connectivity index (χ2v) is 6.84. The summed E-state index contributed by atoms with van der Waals surface area (Å²) in [5.74, 6) is 0.143. The van der Waals surface area contributed by atoms with Gasteiger partial charge in [0.2, 0.25) is 0 Å². The van der Waals surface area contributed by atoms with Crippen LogP contribution in [0, 0.1) is 0 Å². The van der Waals surface area contributed by atoms with E-state index in [0.717, 1.165) is 29.7 Å². The highest BCUT2D eigenvalue weighted by Crippen LogP contribution is 2.31. The third-order valence-corrected chi connectivity index (χ3v) is 4.78. The molecule has 1 N–H and O–H groups in total. The van der Waals surface area contributed by atoms with Crippen LogP contribution in [-0.2, 0) is 17.6 Å². The van der Waals surface area contributed by atoms with Crippen LogP contribution < -0.4 is 10.1 Å². The highest BCUT2D eigenvalue weighted by atomic mass is 35.5. The third kappa shape index (κ3) is 4.81. The van der Waals surface area contributed by atoms with E-state index in [9.17, 15) is 4.79 Å². The molecule has 2 aromatic carbocycles. The van der Waals surface area contributed by atoms with Crippen LogP contribution in [0.4, 0.5) is 5.69 Å².